The molecule has 0 fully saturated rings. The lowest BCUT2D eigenvalue weighted by atomic mass is 10.1. The molecule has 0 aliphatic heterocycles. The van der Waals surface area contributed by atoms with E-state index < -0.39 is 22.2 Å². The first-order chi connectivity index (χ1) is 9.58. The Morgan fingerprint density at radius 3 is 2.70 bits per heavy atom. The zero-order valence-electron chi connectivity index (χ0n) is 10.2. The Balaban J connectivity index is 2.06. The molecule has 0 radical (unpaired) electrons. The number of nitro groups is 1. The van der Waals surface area contributed by atoms with E-state index in [9.17, 15) is 18.9 Å². The van der Waals surface area contributed by atoms with Crippen LogP contribution in [0.15, 0.2) is 30.5 Å². The first-order valence-corrected chi connectivity index (χ1v) is 5.67. The number of halogens is 2. The third-order valence-electron chi connectivity index (χ3n) is 2.56. The van der Waals surface area contributed by atoms with Crippen molar-refractivity contribution in [2.75, 3.05) is 0 Å². The van der Waals surface area contributed by atoms with Crippen LogP contribution in [0.5, 0.6) is 0 Å². The molecule has 0 unspecified atom stereocenters. The van der Waals surface area contributed by atoms with Gasteiger partial charge >= 0.3 is 5.69 Å². The lowest BCUT2D eigenvalue weighted by molar-refractivity contribution is -0.387. The second-order valence-corrected chi connectivity index (χ2v) is 3.97. The van der Waals surface area contributed by atoms with Crippen molar-refractivity contribution in [2.24, 2.45) is 0 Å². The summed E-state index contributed by atoms with van der Waals surface area (Å²) in [7, 11) is 0. The zero-order valence-corrected chi connectivity index (χ0v) is 10.2. The number of nitro benzene ring substituents is 1. The SMILES string of the molecule is O=[N+]([O-])c1cc(CNCc2cccnn2)c(F)cc1F. The highest BCUT2D eigenvalue weighted by molar-refractivity contribution is 5.37. The van der Waals surface area contributed by atoms with Crippen LogP contribution in [-0.4, -0.2) is 15.1 Å². The molecule has 0 aliphatic rings. The molecule has 0 saturated heterocycles. The summed E-state index contributed by atoms with van der Waals surface area (Å²) >= 11 is 0. The maximum Gasteiger partial charge on any atom is 0.305 e. The Bertz CT molecular complexity index is 622. The summed E-state index contributed by atoms with van der Waals surface area (Å²) in [6, 6.07) is 4.82. The van der Waals surface area contributed by atoms with E-state index in [1.807, 2.05) is 0 Å². The van der Waals surface area contributed by atoms with E-state index in [1.165, 1.54) is 6.20 Å². The smallest absolute Gasteiger partial charge is 0.305 e. The quantitative estimate of drug-likeness (QED) is 0.668. The van der Waals surface area contributed by atoms with Crippen molar-refractivity contribution in [3.63, 3.8) is 0 Å². The third kappa shape index (κ3) is 3.29. The summed E-state index contributed by atoms with van der Waals surface area (Å²) in [4.78, 5) is 9.70. The van der Waals surface area contributed by atoms with Gasteiger partial charge in [-0.25, -0.2) is 4.39 Å². The van der Waals surface area contributed by atoms with E-state index in [0.29, 0.717) is 18.3 Å². The number of nitrogens with one attached hydrogen (secondary N) is 1. The van der Waals surface area contributed by atoms with Gasteiger partial charge in [0.15, 0.2) is 0 Å². The molecule has 20 heavy (non-hydrogen) atoms. The van der Waals surface area contributed by atoms with Crippen molar-refractivity contribution < 1.29 is 13.7 Å². The maximum absolute atomic E-state index is 13.5. The highest BCUT2D eigenvalue weighted by atomic mass is 19.1. The van der Waals surface area contributed by atoms with E-state index >= 15 is 0 Å². The number of aromatic nitrogens is 2. The fourth-order valence-electron chi connectivity index (χ4n) is 1.61. The lowest BCUT2D eigenvalue weighted by Gasteiger charge is -2.06. The van der Waals surface area contributed by atoms with E-state index in [-0.39, 0.29) is 12.1 Å². The van der Waals surface area contributed by atoms with Crippen LogP contribution in [0.4, 0.5) is 14.5 Å². The van der Waals surface area contributed by atoms with Gasteiger partial charge < -0.3 is 5.32 Å². The lowest BCUT2D eigenvalue weighted by Crippen LogP contribution is -2.15. The molecule has 1 heterocycles. The molecule has 0 amide bonds. The Kier molecular flexibility index (Phi) is 4.26. The van der Waals surface area contributed by atoms with Gasteiger partial charge in [0.25, 0.3) is 0 Å². The number of hydrogen-bond donors (Lipinski definition) is 1. The number of hydrogen-bond acceptors (Lipinski definition) is 5. The Morgan fingerprint density at radius 2 is 2.05 bits per heavy atom. The summed E-state index contributed by atoms with van der Waals surface area (Å²) in [6.07, 6.45) is 1.52. The van der Waals surface area contributed by atoms with Gasteiger partial charge in [-0.05, 0) is 12.1 Å². The fraction of sp³-hybridized carbons (Fsp3) is 0.167. The highest BCUT2D eigenvalue weighted by Crippen LogP contribution is 2.21. The number of rotatable bonds is 5. The van der Waals surface area contributed by atoms with E-state index in [2.05, 4.69) is 15.5 Å². The molecule has 0 atom stereocenters. The van der Waals surface area contributed by atoms with Crippen molar-refractivity contribution >= 4 is 5.69 Å². The molecule has 0 saturated carbocycles. The van der Waals surface area contributed by atoms with E-state index in [0.717, 1.165) is 6.07 Å². The maximum atomic E-state index is 13.5. The van der Waals surface area contributed by atoms with Crippen LogP contribution >= 0.6 is 0 Å². The molecule has 8 heteroatoms. The molecule has 6 nitrogen and oxygen atoms in total. The number of benzene rings is 1. The molecule has 0 spiro atoms. The first-order valence-electron chi connectivity index (χ1n) is 5.67. The summed E-state index contributed by atoms with van der Waals surface area (Å²) in [6.45, 7) is 0.335. The molecule has 1 aromatic heterocycles. The summed E-state index contributed by atoms with van der Waals surface area (Å²) in [5, 5.41) is 20.9. The van der Waals surface area contributed by atoms with Crippen LogP contribution in [-0.2, 0) is 13.1 Å². The molecule has 2 aromatic rings. The van der Waals surface area contributed by atoms with Crippen LogP contribution in [0, 0.1) is 21.7 Å². The van der Waals surface area contributed by atoms with Gasteiger partial charge in [0.2, 0.25) is 5.82 Å². The van der Waals surface area contributed by atoms with E-state index in [4.69, 9.17) is 0 Å². The second kappa shape index (κ2) is 6.11. The largest absolute Gasteiger partial charge is 0.307 e. The van der Waals surface area contributed by atoms with Crippen LogP contribution < -0.4 is 5.32 Å². The molecular weight excluding hydrogens is 270 g/mol. The molecule has 0 bridgehead atoms. The van der Waals surface area contributed by atoms with Crippen molar-refractivity contribution in [2.45, 2.75) is 13.1 Å². The van der Waals surface area contributed by atoms with E-state index in [1.54, 1.807) is 12.1 Å². The predicted molar refractivity (Wildman–Crippen MR) is 65.6 cm³/mol. The topological polar surface area (TPSA) is 81.0 Å². The minimum atomic E-state index is -1.19. The molecular formula is C12H10F2N4O2. The Morgan fingerprint density at radius 1 is 1.25 bits per heavy atom. The zero-order chi connectivity index (χ0) is 14.5. The standard InChI is InChI=1S/C12H10F2N4O2/c13-10-5-11(14)12(18(19)20)4-8(10)6-15-7-9-2-1-3-16-17-9/h1-5,15H,6-7H2. The van der Waals surface area contributed by atoms with Crippen LogP contribution in [0.25, 0.3) is 0 Å². The van der Waals surface area contributed by atoms with Gasteiger partial charge in [0.05, 0.1) is 10.6 Å². The average Bonchev–Trinajstić information content (AvgIpc) is 2.42. The normalized spacial score (nSPS) is 10.5. The Hall–Kier alpha value is -2.48. The molecule has 0 aliphatic carbocycles. The summed E-state index contributed by atoms with van der Waals surface area (Å²) in [5.41, 5.74) is -0.0887. The summed E-state index contributed by atoms with van der Waals surface area (Å²) < 4.78 is 26.6. The molecule has 1 aromatic carbocycles. The van der Waals surface area contributed by atoms with Crippen LogP contribution in [0.1, 0.15) is 11.3 Å². The third-order valence-corrected chi connectivity index (χ3v) is 2.56. The highest BCUT2D eigenvalue weighted by Gasteiger charge is 2.18. The van der Waals surface area contributed by atoms with Crippen LogP contribution in [0.3, 0.4) is 0 Å². The van der Waals surface area contributed by atoms with Crippen molar-refractivity contribution in [1.82, 2.24) is 15.5 Å². The monoisotopic (exact) mass is 280 g/mol. The van der Waals surface area contributed by atoms with Gasteiger partial charge in [0.1, 0.15) is 5.82 Å². The van der Waals surface area contributed by atoms with Crippen molar-refractivity contribution in [1.29, 1.82) is 0 Å². The molecule has 1 N–H and O–H groups in total. The van der Waals surface area contributed by atoms with Crippen molar-refractivity contribution in [3.05, 3.63) is 63.5 Å². The fourth-order valence-corrected chi connectivity index (χ4v) is 1.61. The first kappa shape index (κ1) is 13.9. The minimum Gasteiger partial charge on any atom is -0.307 e. The minimum absolute atomic E-state index is 0.0157. The molecule has 2 rings (SSSR count). The van der Waals surface area contributed by atoms with Gasteiger partial charge in [-0.2, -0.15) is 14.6 Å². The van der Waals surface area contributed by atoms with Gasteiger partial charge in [-0.1, -0.05) is 0 Å². The van der Waals surface area contributed by atoms with Crippen molar-refractivity contribution in [3.8, 4) is 0 Å². The molecule has 104 valence electrons. The predicted octanol–water partition coefficient (Wildman–Crippen LogP) is 1.95. The second-order valence-electron chi connectivity index (χ2n) is 3.97. The van der Waals surface area contributed by atoms with Gasteiger partial charge in [-0.3, -0.25) is 10.1 Å². The van der Waals surface area contributed by atoms with Gasteiger partial charge in [-0.15, -0.1) is 0 Å². The number of nitrogens with zero attached hydrogens (tertiary/aromatic N) is 3. The van der Waals surface area contributed by atoms with Gasteiger partial charge in [0, 0.05) is 37.0 Å². The average molecular weight is 280 g/mol. The Labute approximate surface area is 112 Å². The van der Waals surface area contributed by atoms with Crippen LogP contribution in [0.2, 0.25) is 0 Å². The summed E-state index contributed by atoms with van der Waals surface area (Å²) in [5.74, 6) is -2.02.